The summed E-state index contributed by atoms with van der Waals surface area (Å²) in [7, 11) is 2.29. The molecule has 2 N–H and O–H groups in total. The minimum absolute atomic E-state index is 0.632. The molecule has 0 amide bonds. The summed E-state index contributed by atoms with van der Waals surface area (Å²) >= 11 is 0. The summed E-state index contributed by atoms with van der Waals surface area (Å²) < 4.78 is 0. The zero-order valence-corrected chi connectivity index (χ0v) is 11.9. The summed E-state index contributed by atoms with van der Waals surface area (Å²) in [5, 5.41) is 0. The first kappa shape index (κ1) is 13.1. The van der Waals surface area contributed by atoms with Gasteiger partial charge in [0.1, 0.15) is 0 Å². The normalized spacial score (nSPS) is 23.8. The molecule has 19 heavy (non-hydrogen) atoms. The van der Waals surface area contributed by atoms with Crippen molar-refractivity contribution in [1.82, 2.24) is 15.8 Å². The van der Waals surface area contributed by atoms with Crippen LogP contribution in [0, 0.1) is 5.92 Å². The van der Waals surface area contributed by atoms with E-state index in [1.165, 1.54) is 32.2 Å². The Balaban J connectivity index is 1.62. The van der Waals surface area contributed by atoms with Gasteiger partial charge < -0.3 is 0 Å². The lowest BCUT2D eigenvalue weighted by Gasteiger charge is -2.33. The maximum absolute atomic E-state index is 3.22. The molecule has 3 nitrogen and oxygen atoms in total. The lowest BCUT2D eigenvalue weighted by molar-refractivity contribution is 0.209. The van der Waals surface area contributed by atoms with Crippen LogP contribution in [0.15, 0.2) is 24.3 Å². The van der Waals surface area contributed by atoms with Gasteiger partial charge in [-0.3, -0.25) is 15.8 Å². The quantitative estimate of drug-likeness (QED) is 0.867. The van der Waals surface area contributed by atoms with Gasteiger partial charge in [-0.15, -0.1) is 0 Å². The van der Waals surface area contributed by atoms with Gasteiger partial charge >= 0.3 is 0 Å². The molecule has 1 atom stereocenters. The number of nitrogens with one attached hydrogen (secondary N) is 2. The topological polar surface area (TPSA) is 27.3 Å². The van der Waals surface area contributed by atoms with Crippen LogP contribution in [-0.4, -0.2) is 31.6 Å². The lowest BCUT2D eigenvalue weighted by atomic mass is 9.87. The molecule has 0 radical (unpaired) electrons. The van der Waals surface area contributed by atoms with Gasteiger partial charge in [0, 0.05) is 19.1 Å². The summed E-state index contributed by atoms with van der Waals surface area (Å²) in [6.07, 6.45) is 5.19. The number of fused-ring (bicyclic) bond motifs is 1. The summed E-state index contributed by atoms with van der Waals surface area (Å²) in [6, 6.07) is 9.63. The molecule has 1 aliphatic carbocycles. The Morgan fingerprint density at radius 2 is 2.00 bits per heavy atom. The van der Waals surface area contributed by atoms with Crippen molar-refractivity contribution >= 4 is 0 Å². The molecular formula is C16H25N3. The summed E-state index contributed by atoms with van der Waals surface area (Å²) in [5.74, 6) is 0.793. The first-order valence-electron chi connectivity index (χ1n) is 7.58. The van der Waals surface area contributed by atoms with Crippen LogP contribution in [-0.2, 0) is 6.42 Å². The fraction of sp³-hybridized carbons (Fsp3) is 0.625. The Morgan fingerprint density at radius 1 is 1.21 bits per heavy atom. The molecule has 1 aliphatic heterocycles. The van der Waals surface area contributed by atoms with E-state index in [9.17, 15) is 0 Å². The predicted octanol–water partition coefficient (Wildman–Crippen LogP) is 2.11. The third kappa shape index (κ3) is 2.99. The molecule has 104 valence electrons. The molecule has 0 bridgehead atoms. The van der Waals surface area contributed by atoms with Crippen molar-refractivity contribution < 1.29 is 0 Å². The maximum Gasteiger partial charge on any atom is 0.0347 e. The van der Waals surface area contributed by atoms with Crippen molar-refractivity contribution in [3.8, 4) is 0 Å². The molecule has 1 fully saturated rings. The van der Waals surface area contributed by atoms with Crippen LogP contribution < -0.4 is 10.9 Å². The molecule has 0 saturated carbocycles. The molecule has 1 aromatic carbocycles. The Bertz CT molecular complexity index is 412. The Labute approximate surface area is 116 Å². The van der Waals surface area contributed by atoms with Crippen LogP contribution in [0.2, 0.25) is 0 Å². The van der Waals surface area contributed by atoms with Crippen molar-refractivity contribution in [2.75, 3.05) is 26.7 Å². The first-order valence-corrected chi connectivity index (χ1v) is 7.58. The molecule has 0 spiro atoms. The lowest BCUT2D eigenvalue weighted by Crippen LogP contribution is -2.30. The highest BCUT2D eigenvalue weighted by Gasteiger charge is 2.24. The van der Waals surface area contributed by atoms with Crippen LogP contribution in [0.1, 0.15) is 36.4 Å². The molecule has 1 unspecified atom stereocenters. The van der Waals surface area contributed by atoms with E-state index in [0.717, 1.165) is 19.0 Å². The standard InChI is InChI=1S/C16H25N3/c1-19(10-9-13-11-17-18-12-13)16-8-4-6-14-5-2-3-7-15(14)16/h2-3,5,7,13,16-18H,4,6,8-12H2,1H3. The second-order valence-corrected chi connectivity index (χ2v) is 6.00. The number of benzene rings is 1. The van der Waals surface area contributed by atoms with Crippen molar-refractivity contribution in [3.05, 3.63) is 35.4 Å². The molecule has 0 aromatic heterocycles. The number of hydrazine groups is 1. The van der Waals surface area contributed by atoms with E-state index < -0.39 is 0 Å². The monoisotopic (exact) mass is 259 g/mol. The SMILES string of the molecule is CN(CCC1CNNC1)C1CCCc2ccccc21. The summed E-state index contributed by atoms with van der Waals surface area (Å²) in [4.78, 5) is 2.57. The zero-order chi connectivity index (χ0) is 13.1. The Kier molecular flexibility index (Phi) is 4.16. The van der Waals surface area contributed by atoms with Crippen LogP contribution in [0.25, 0.3) is 0 Å². The van der Waals surface area contributed by atoms with Gasteiger partial charge in [0.2, 0.25) is 0 Å². The molecule has 1 aromatic rings. The minimum Gasteiger partial charge on any atom is -0.299 e. The number of hydrogen-bond donors (Lipinski definition) is 2. The van der Waals surface area contributed by atoms with E-state index in [1.807, 2.05) is 0 Å². The maximum atomic E-state index is 3.22. The summed E-state index contributed by atoms with van der Waals surface area (Å²) in [5.41, 5.74) is 9.58. The van der Waals surface area contributed by atoms with Gasteiger partial charge in [-0.2, -0.15) is 0 Å². The van der Waals surface area contributed by atoms with Gasteiger partial charge in [0.25, 0.3) is 0 Å². The smallest absolute Gasteiger partial charge is 0.0347 e. The summed E-state index contributed by atoms with van der Waals surface area (Å²) in [6.45, 7) is 3.44. The second kappa shape index (κ2) is 6.04. The van der Waals surface area contributed by atoms with Crippen molar-refractivity contribution in [3.63, 3.8) is 0 Å². The number of rotatable bonds is 4. The number of nitrogens with zero attached hydrogens (tertiary/aromatic N) is 1. The van der Waals surface area contributed by atoms with E-state index in [-0.39, 0.29) is 0 Å². The van der Waals surface area contributed by atoms with E-state index in [4.69, 9.17) is 0 Å². The fourth-order valence-corrected chi connectivity index (χ4v) is 3.44. The highest BCUT2D eigenvalue weighted by molar-refractivity contribution is 5.32. The average molecular weight is 259 g/mol. The van der Waals surface area contributed by atoms with Crippen LogP contribution in [0.3, 0.4) is 0 Å². The van der Waals surface area contributed by atoms with Crippen molar-refractivity contribution in [2.24, 2.45) is 5.92 Å². The zero-order valence-electron chi connectivity index (χ0n) is 11.9. The predicted molar refractivity (Wildman–Crippen MR) is 78.9 cm³/mol. The van der Waals surface area contributed by atoms with Crippen molar-refractivity contribution in [1.29, 1.82) is 0 Å². The second-order valence-electron chi connectivity index (χ2n) is 6.00. The molecule has 3 heteroatoms. The number of aryl methyl sites for hydroxylation is 1. The van der Waals surface area contributed by atoms with Gasteiger partial charge in [-0.1, -0.05) is 24.3 Å². The van der Waals surface area contributed by atoms with Gasteiger partial charge in [0.05, 0.1) is 0 Å². The third-order valence-corrected chi connectivity index (χ3v) is 4.67. The molecular weight excluding hydrogens is 234 g/mol. The van der Waals surface area contributed by atoms with E-state index in [2.05, 4.69) is 47.1 Å². The van der Waals surface area contributed by atoms with Crippen molar-refractivity contribution in [2.45, 2.75) is 31.7 Å². The minimum atomic E-state index is 0.632. The Hall–Kier alpha value is -0.900. The molecule has 3 rings (SSSR count). The Morgan fingerprint density at radius 3 is 2.84 bits per heavy atom. The molecule has 1 saturated heterocycles. The molecule has 2 aliphatic rings. The largest absolute Gasteiger partial charge is 0.299 e. The van der Waals surface area contributed by atoms with Crippen LogP contribution in [0.4, 0.5) is 0 Å². The van der Waals surface area contributed by atoms with Gasteiger partial charge in [-0.25, -0.2) is 0 Å². The average Bonchev–Trinajstić information content (AvgIpc) is 2.97. The van der Waals surface area contributed by atoms with Crippen LogP contribution >= 0.6 is 0 Å². The fourth-order valence-electron chi connectivity index (χ4n) is 3.44. The highest BCUT2D eigenvalue weighted by atomic mass is 15.4. The highest BCUT2D eigenvalue weighted by Crippen LogP contribution is 2.33. The van der Waals surface area contributed by atoms with E-state index in [0.29, 0.717) is 6.04 Å². The van der Waals surface area contributed by atoms with Gasteiger partial charge in [0.15, 0.2) is 0 Å². The number of hydrogen-bond acceptors (Lipinski definition) is 3. The van der Waals surface area contributed by atoms with Gasteiger partial charge in [-0.05, 0) is 56.3 Å². The third-order valence-electron chi connectivity index (χ3n) is 4.67. The van der Waals surface area contributed by atoms with Crippen LogP contribution in [0.5, 0.6) is 0 Å². The first-order chi connectivity index (χ1) is 9.34. The molecule has 1 heterocycles. The van der Waals surface area contributed by atoms with E-state index in [1.54, 1.807) is 11.1 Å². The van der Waals surface area contributed by atoms with E-state index >= 15 is 0 Å².